The summed E-state index contributed by atoms with van der Waals surface area (Å²) in [5.41, 5.74) is -1.44. The zero-order valence-electron chi connectivity index (χ0n) is 18.0. The zero-order chi connectivity index (χ0) is 23.7. The van der Waals surface area contributed by atoms with Crippen LogP contribution in [0.2, 0.25) is 5.02 Å². The van der Waals surface area contributed by atoms with Crippen molar-refractivity contribution >= 4 is 34.4 Å². The third-order valence-electron chi connectivity index (χ3n) is 7.12. The largest absolute Gasteiger partial charge is 0.449 e. The SMILES string of the molecule is CC1(C(=O)N2CC(O)C2)CCN(C(=O)c2oc3c(C(F)(F)F)cc(C4CC4)cc3c2Cl)CC1. The maximum Gasteiger partial charge on any atom is 0.420 e. The Balaban J connectivity index is 1.39. The van der Waals surface area contributed by atoms with Crippen molar-refractivity contribution in [2.24, 2.45) is 5.41 Å². The molecule has 0 bridgehead atoms. The van der Waals surface area contributed by atoms with Gasteiger partial charge >= 0.3 is 6.18 Å². The topological polar surface area (TPSA) is 74.0 Å². The number of halogens is 4. The van der Waals surface area contributed by atoms with Gasteiger partial charge in [0, 0.05) is 37.0 Å². The van der Waals surface area contributed by atoms with E-state index in [-0.39, 0.29) is 41.1 Å². The van der Waals surface area contributed by atoms with Gasteiger partial charge in [0.1, 0.15) is 5.58 Å². The van der Waals surface area contributed by atoms with E-state index < -0.39 is 34.7 Å². The molecule has 1 N–H and O–H groups in total. The third-order valence-corrected chi connectivity index (χ3v) is 7.49. The fraction of sp³-hybridized carbons (Fsp3) is 0.565. The number of benzene rings is 1. The molecule has 2 aliphatic heterocycles. The number of aliphatic hydroxyl groups excluding tert-OH is 1. The number of hydrogen-bond donors (Lipinski definition) is 1. The number of fused-ring (bicyclic) bond motifs is 1. The summed E-state index contributed by atoms with van der Waals surface area (Å²) in [4.78, 5) is 29.0. The number of furan rings is 1. The molecule has 1 aromatic carbocycles. The number of carbonyl (C=O) groups is 2. The second-order valence-corrected chi connectivity index (χ2v) is 10.1. The minimum atomic E-state index is -4.64. The fourth-order valence-corrected chi connectivity index (χ4v) is 5.02. The van der Waals surface area contributed by atoms with Crippen LogP contribution in [0.3, 0.4) is 0 Å². The molecule has 1 aliphatic carbocycles. The molecule has 3 heterocycles. The molecule has 2 amide bonds. The van der Waals surface area contributed by atoms with Crippen LogP contribution in [0.25, 0.3) is 11.0 Å². The molecule has 1 saturated carbocycles. The second kappa shape index (κ2) is 7.63. The average molecular weight is 485 g/mol. The van der Waals surface area contributed by atoms with Crippen LogP contribution in [0.4, 0.5) is 13.2 Å². The first-order valence-electron chi connectivity index (χ1n) is 11.1. The first-order chi connectivity index (χ1) is 15.5. The first kappa shape index (κ1) is 22.5. The van der Waals surface area contributed by atoms with Crippen LogP contribution in [0.5, 0.6) is 0 Å². The van der Waals surface area contributed by atoms with Gasteiger partial charge < -0.3 is 19.3 Å². The van der Waals surface area contributed by atoms with Gasteiger partial charge in [-0.1, -0.05) is 18.5 Å². The van der Waals surface area contributed by atoms with Crippen LogP contribution in [-0.4, -0.2) is 59.0 Å². The summed E-state index contributed by atoms with van der Waals surface area (Å²) in [6.45, 7) is 2.98. The van der Waals surface area contributed by atoms with Crippen molar-refractivity contribution in [2.75, 3.05) is 26.2 Å². The number of rotatable bonds is 3. The van der Waals surface area contributed by atoms with Crippen molar-refractivity contribution in [3.8, 4) is 0 Å². The van der Waals surface area contributed by atoms with Crippen LogP contribution in [0.1, 0.15) is 60.2 Å². The van der Waals surface area contributed by atoms with Crippen LogP contribution >= 0.6 is 11.6 Å². The lowest BCUT2D eigenvalue weighted by molar-refractivity contribution is -0.154. The Bertz CT molecular complexity index is 1130. The van der Waals surface area contributed by atoms with E-state index in [1.54, 1.807) is 11.0 Å². The number of likely N-dealkylation sites (tertiary alicyclic amines) is 2. The minimum Gasteiger partial charge on any atom is -0.449 e. The molecule has 2 aromatic rings. The second-order valence-electron chi connectivity index (χ2n) is 9.68. The maximum absolute atomic E-state index is 13.7. The number of hydrogen-bond acceptors (Lipinski definition) is 4. The number of alkyl halides is 3. The fourth-order valence-electron chi connectivity index (χ4n) is 4.76. The molecule has 5 rings (SSSR count). The van der Waals surface area contributed by atoms with Crippen molar-refractivity contribution in [1.82, 2.24) is 9.80 Å². The number of amides is 2. The predicted molar refractivity (Wildman–Crippen MR) is 114 cm³/mol. The smallest absolute Gasteiger partial charge is 0.420 e. The van der Waals surface area contributed by atoms with E-state index in [9.17, 15) is 27.9 Å². The van der Waals surface area contributed by atoms with E-state index in [4.69, 9.17) is 16.0 Å². The Morgan fingerprint density at radius 1 is 1.15 bits per heavy atom. The summed E-state index contributed by atoms with van der Waals surface area (Å²) < 4.78 is 46.6. The van der Waals surface area contributed by atoms with Crippen molar-refractivity contribution in [2.45, 2.75) is 50.8 Å². The summed E-state index contributed by atoms with van der Waals surface area (Å²) in [6, 6.07) is 2.69. The summed E-state index contributed by atoms with van der Waals surface area (Å²) in [6.07, 6.45) is -2.67. The Morgan fingerprint density at radius 2 is 1.79 bits per heavy atom. The van der Waals surface area contributed by atoms with Gasteiger partial charge in [0.15, 0.2) is 0 Å². The molecule has 0 radical (unpaired) electrons. The lowest BCUT2D eigenvalue weighted by Crippen LogP contribution is -2.59. The third kappa shape index (κ3) is 3.89. The highest BCUT2D eigenvalue weighted by Crippen LogP contribution is 2.47. The number of piperidine rings is 1. The van der Waals surface area contributed by atoms with Crippen LogP contribution in [0, 0.1) is 5.41 Å². The number of carbonyl (C=O) groups excluding carboxylic acids is 2. The molecule has 33 heavy (non-hydrogen) atoms. The number of nitrogens with zero attached hydrogens (tertiary/aromatic N) is 2. The molecule has 0 spiro atoms. The van der Waals surface area contributed by atoms with E-state index in [2.05, 4.69) is 0 Å². The van der Waals surface area contributed by atoms with Gasteiger partial charge in [-0.3, -0.25) is 9.59 Å². The van der Waals surface area contributed by atoms with Crippen LogP contribution < -0.4 is 0 Å². The maximum atomic E-state index is 13.7. The molecule has 0 atom stereocenters. The van der Waals surface area contributed by atoms with Crippen molar-refractivity contribution in [1.29, 1.82) is 0 Å². The Morgan fingerprint density at radius 3 is 2.33 bits per heavy atom. The molecule has 178 valence electrons. The highest BCUT2D eigenvalue weighted by molar-refractivity contribution is 6.38. The highest BCUT2D eigenvalue weighted by atomic mass is 35.5. The van der Waals surface area contributed by atoms with Gasteiger partial charge in [-0.2, -0.15) is 13.2 Å². The summed E-state index contributed by atoms with van der Waals surface area (Å²) in [7, 11) is 0. The zero-order valence-corrected chi connectivity index (χ0v) is 18.8. The van der Waals surface area contributed by atoms with Gasteiger partial charge in [-0.15, -0.1) is 0 Å². The number of β-amino-alcohol motifs (C(OH)–C–C–N with tert-alkyl or cyclic N) is 1. The van der Waals surface area contributed by atoms with E-state index >= 15 is 0 Å². The van der Waals surface area contributed by atoms with E-state index in [0.29, 0.717) is 31.5 Å². The molecule has 0 unspecified atom stereocenters. The summed E-state index contributed by atoms with van der Waals surface area (Å²) >= 11 is 6.39. The van der Waals surface area contributed by atoms with Crippen molar-refractivity contribution in [3.05, 3.63) is 34.0 Å². The molecule has 3 fully saturated rings. The Hall–Kier alpha value is -2.26. The predicted octanol–water partition coefficient (Wildman–Crippen LogP) is 4.43. The van der Waals surface area contributed by atoms with Gasteiger partial charge in [0.25, 0.3) is 5.91 Å². The van der Waals surface area contributed by atoms with Gasteiger partial charge in [-0.05, 0) is 49.3 Å². The Labute approximate surface area is 193 Å². The van der Waals surface area contributed by atoms with Crippen molar-refractivity contribution in [3.63, 3.8) is 0 Å². The molecular formula is C23H24ClF3N2O4. The van der Waals surface area contributed by atoms with Crippen molar-refractivity contribution < 1.29 is 32.3 Å². The lowest BCUT2D eigenvalue weighted by atomic mass is 9.78. The van der Waals surface area contributed by atoms with Gasteiger partial charge in [0.05, 0.1) is 16.7 Å². The number of aliphatic hydroxyl groups is 1. The summed E-state index contributed by atoms with van der Waals surface area (Å²) in [5, 5.41) is 9.45. The van der Waals surface area contributed by atoms with E-state index in [0.717, 1.165) is 18.9 Å². The normalized spacial score (nSPS) is 21.4. The quantitative estimate of drug-likeness (QED) is 0.699. The minimum absolute atomic E-state index is 0.0518. The van der Waals surface area contributed by atoms with Gasteiger partial charge in [-0.25, -0.2) is 0 Å². The molecule has 1 aromatic heterocycles. The summed E-state index contributed by atoms with van der Waals surface area (Å²) in [5.74, 6) is -0.855. The molecular weight excluding hydrogens is 461 g/mol. The van der Waals surface area contributed by atoms with E-state index in [1.807, 2.05) is 6.92 Å². The van der Waals surface area contributed by atoms with E-state index in [1.165, 1.54) is 4.90 Å². The standard InChI is InChI=1S/C23H24ClF3N2O4/c1-22(21(32)29-10-14(30)11-29)4-6-28(7-5-22)20(31)19-17(24)15-8-13(12-2-3-12)9-16(18(15)33-19)23(25,26)27/h8-9,12,14,30H,2-7,10-11H2,1H3. The Kier molecular flexibility index (Phi) is 5.21. The monoisotopic (exact) mass is 484 g/mol. The highest BCUT2D eigenvalue weighted by Gasteiger charge is 2.44. The molecule has 3 aliphatic rings. The van der Waals surface area contributed by atoms with Crippen LogP contribution in [-0.2, 0) is 11.0 Å². The average Bonchev–Trinajstić information content (AvgIpc) is 3.54. The first-order valence-corrected chi connectivity index (χ1v) is 11.5. The molecule has 2 saturated heterocycles. The van der Waals surface area contributed by atoms with Crippen LogP contribution in [0.15, 0.2) is 16.5 Å². The molecule has 10 heteroatoms. The van der Waals surface area contributed by atoms with Gasteiger partial charge in [0.2, 0.25) is 11.7 Å². The lowest BCUT2D eigenvalue weighted by Gasteiger charge is -2.45. The molecule has 6 nitrogen and oxygen atoms in total.